The molecule has 0 saturated carbocycles. The predicted molar refractivity (Wildman–Crippen MR) is 201 cm³/mol. The fourth-order valence-electron chi connectivity index (χ4n) is 7.98. The van der Waals surface area contributed by atoms with Gasteiger partial charge in [0.2, 0.25) is 0 Å². The Bertz CT molecular complexity index is 1530. The highest BCUT2D eigenvalue weighted by molar-refractivity contribution is 6.99. The Morgan fingerprint density at radius 2 is 1.60 bits per heavy atom. The fourth-order valence-corrected chi connectivity index (χ4v) is 12.7. The number of carboxylic acids is 1. The van der Waals surface area contributed by atoms with Crippen LogP contribution in [0.25, 0.3) is 0 Å². The van der Waals surface area contributed by atoms with Crippen LogP contribution in [0.1, 0.15) is 80.1 Å². The molecule has 2 saturated heterocycles. The zero-order chi connectivity index (χ0) is 38.3. The SMILES string of the molecule is C=C[C@H]1C/C(=C\C(=O)OC)C[C@@H](C[C@]2(OC)O[C@H](C[C@H](CC(=O)O)O[Si](c3ccccc3)(c3ccccc3)C(C)(C)C)C[C@H](OC(C)=O)C2(C)C)O1. The van der Waals surface area contributed by atoms with E-state index in [0.29, 0.717) is 19.3 Å². The van der Waals surface area contributed by atoms with Crippen molar-refractivity contribution in [2.24, 2.45) is 5.41 Å². The Balaban J connectivity index is 1.77. The lowest BCUT2D eigenvalue weighted by atomic mass is 9.70. The first-order chi connectivity index (χ1) is 24.5. The highest BCUT2D eigenvalue weighted by Crippen LogP contribution is 2.51. The Hall–Kier alpha value is -3.61. The van der Waals surface area contributed by atoms with E-state index >= 15 is 0 Å². The van der Waals surface area contributed by atoms with Crippen LogP contribution in [0, 0.1) is 5.41 Å². The van der Waals surface area contributed by atoms with E-state index in [1.807, 2.05) is 50.2 Å². The minimum absolute atomic E-state index is 0.198. The monoisotopic (exact) mass is 736 g/mol. The third kappa shape index (κ3) is 9.12. The molecule has 0 radical (unpaired) electrons. The zero-order valence-electron chi connectivity index (χ0n) is 31.9. The van der Waals surface area contributed by atoms with Gasteiger partial charge in [0.1, 0.15) is 6.10 Å². The molecule has 6 atom stereocenters. The Labute approximate surface area is 309 Å². The van der Waals surface area contributed by atoms with Gasteiger partial charge in [-0.05, 0) is 34.7 Å². The maximum atomic E-state index is 12.5. The molecule has 0 bridgehead atoms. The standard InChI is InChI=1S/C41H56O10Si/c1-10-30-21-29(23-38(45)46-8)22-33(49-30)27-41(47-9)40(6,7)36(48-28(2)42)25-31(50-41)24-32(26-37(43)44)51-52(39(3,4)5,34-17-13-11-14-18-34)35-19-15-12-16-20-35/h10-20,23,30-33,36H,1,21-22,24-27H2,2-9H3,(H,43,44)/b29-23+/t30-,31+,32+,33-,36-,41-/m0/s1. The molecular formula is C41H56O10Si. The normalized spacial score (nSPS) is 26.3. The number of carbonyl (C=O) groups is 3. The second-order valence-electron chi connectivity index (χ2n) is 15.5. The number of methoxy groups -OCH3 is 2. The van der Waals surface area contributed by atoms with Crippen LogP contribution in [-0.4, -0.2) is 81.9 Å². The number of rotatable bonds is 14. The van der Waals surface area contributed by atoms with Crippen molar-refractivity contribution in [3.63, 3.8) is 0 Å². The number of hydrogen-bond acceptors (Lipinski definition) is 9. The smallest absolute Gasteiger partial charge is 0.330 e. The van der Waals surface area contributed by atoms with Crippen molar-refractivity contribution >= 4 is 36.6 Å². The Kier molecular flexibility index (Phi) is 13.5. The molecule has 52 heavy (non-hydrogen) atoms. The van der Waals surface area contributed by atoms with E-state index in [1.54, 1.807) is 13.2 Å². The average molecular weight is 737 g/mol. The van der Waals surface area contributed by atoms with Gasteiger partial charge in [0.05, 0.1) is 43.4 Å². The van der Waals surface area contributed by atoms with E-state index in [1.165, 1.54) is 20.1 Å². The molecule has 4 rings (SSSR count). The van der Waals surface area contributed by atoms with E-state index in [2.05, 4.69) is 51.6 Å². The second-order valence-corrected chi connectivity index (χ2v) is 19.7. The largest absolute Gasteiger partial charge is 0.481 e. The Morgan fingerprint density at radius 3 is 2.08 bits per heavy atom. The summed E-state index contributed by atoms with van der Waals surface area (Å²) in [6, 6.07) is 20.1. The number of carbonyl (C=O) groups excluding carboxylic acids is 2. The van der Waals surface area contributed by atoms with Gasteiger partial charge in [0.15, 0.2) is 5.79 Å². The molecule has 0 spiro atoms. The van der Waals surface area contributed by atoms with E-state index in [4.69, 9.17) is 28.1 Å². The summed E-state index contributed by atoms with van der Waals surface area (Å²) >= 11 is 0. The summed E-state index contributed by atoms with van der Waals surface area (Å²) in [4.78, 5) is 37.3. The number of ether oxygens (including phenoxy) is 5. The maximum absolute atomic E-state index is 12.5. The first-order valence-corrected chi connectivity index (χ1v) is 19.9. The molecule has 2 aromatic rings. The maximum Gasteiger partial charge on any atom is 0.330 e. The number of hydrogen-bond donors (Lipinski definition) is 1. The second kappa shape index (κ2) is 17.0. The lowest BCUT2D eigenvalue weighted by Gasteiger charge is -2.55. The molecule has 11 heteroatoms. The summed E-state index contributed by atoms with van der Waals surface area (Å²) in [6.45, 7) is 15.6. The van der Waals surface area contributed by atoms with Crippen molar-refractivity contribution in [2.45, 2.75) is 121 Å². The van der Waals surface area contributed by atoms with Crippen LogP contribution in [0.3, 0.4) is 0 Å². The summed E-state index contributed by atoms with van der Waals surface area (Å²) in [6.07, 6.45) is 1.72. The van der Waals surface area contributed by atoms with Crippen molar-refractivity contribution in [1.82, 2.24) is 0 Å². The summed E-state index contributed by atoms with van der Waals surface area (Å²) in [5.74, 6) is -3.23. The van der Waals surface area contributed by atoms with Crippen molar-refractivity contribution in [1.29, 1.82) is 0 Å². The van der Waals surface area contributed by atoms with Gasteiger partial charge in [0.25, 0.3) is 8.32 Å². The predicted octanol–water partition coefficient (Wildman–Crippen LogP) is 6.11. The summed E-state index contributed by atoms with van der Waals surface area (Å²) in [5.41, 5.74) is -0.0249. The molecule has 2 aliphatic rings. The van der Waals surface area contributed by atoms with E-state index < -0.39 is 66.9 Å². The summed E-state index contributed by atoms with van der Waals surface area (Å²) in [5, 5.41) is 11.9. The van der Waals surface area contributed by atoms with Gasteiger partial charge in [-0.25, -0.2) is 4.79 Å². The van der Waals surface area contributed by atoms with Gasteiger partial charge < -0.3 is 33.2 Å². The average Bonchev–Trinajstić information content (AvgIpc) is 3.08. The van der Waals surface area contributed by atoms with E-state index in [9.17, 15) is 19.5 Å². The first kappa shape index (κ1) is 41.1. The molecule has 2 aliphatic heterocycles. The van der Waals surface area contributed by atoms with Crippen LogP contribution < -0.4 is 10.4 Å². The van der Waals surface area contributed by atoms with Crippen LogP contribution in [0.5, 0.6) is 0 Å². The van der Waals surface area contributed by atoms with Gasteiger partial charge in [-0.2, -0.15) is 0 Å². The van der Waals surface area contributed by atoms with Crippen molar-refractivity contribution in [3.05, 3.63) is 85.0 Å². The molecule has 2 heterocycles. The minimum Gasteiger partial charge on any atom is -0.481 e. The molecule has 0 amide bonds. The molecule has 284 valence electrons. The van der Waals surface area contributed by atoms with E-state index in [-0.39, 0.29) is 25.4 Å². The lowest BCUT2D eigenvalue weighted by Crippen LogP contribution is -2.68. The van der Waals surface area contributed by atoms with Gasteiger partial charge >= 0.3 is 17.9 Å². The number of benzene rings is 2. The quantitative estimate of drug-likeness (QED) is 0.105. The minimum atomic E-state index is -3.16. The summed E-state index contributed by atoms with van der Waals surface area (Å²) in [7, 11) is -0.265. The van der Waals surface area contributed by atoms with Gasteiger partial charge in [-0.1, -0.05) is 107 Å². The van der Waals surface area contributed by atoms with Gasteiger partial charge in [-0.15, -0.1) is 6.58 Å². The Morgan fingerprint density at radius 1 is 1.00 bits per heavy atom. The third-order valence-electron chi connectivity index (χ3n) is 10.5. The van der Waals surface area contributed by atoms with Gasteiger partial charge in [0, 0.05) is 33.0 Å². The van der Waals surface area contributed by atoms with Crippen LogP contribution in [0.15, 0.2) is 85.0 Å². The van der Waals surface area contributed by atoms with Crippen LogP contribution >= 0.6 is 0 Å². The number of esters is 2. The van der Waals surface area contributed by atoms with Gasteiger partial charge in [-0.3, -0.25) is 9.59 Å². The zero-order valence-corrected chi connectivity index (χ0v) is 32.9. The fraction of sp³-hybridized carbons (Fsp3) is 0.537. The highest BCUT2D eigenvalue weighted by Gasteiger charge is 2.60. The van der Waals surface area contributed by atoms with E-state index in [0.717, 1.165) is 15.9 Å². The molecule has 0 aliphatic carbocycles. The molecule has 2 fully saturated rings. The summed E-state index contributed by atoms with van der Waals surface area (Å²) < 4.78 is 38.0. The molecule has 0 unspecified atom stereocenters. The molecule has 10 nitrogen and oxygen atoms in total. The molecule has 0 aromatic heterocycles. The highest BCUT2D eigenvalue weighted by atomic mass is 28.4. The van der Waals surface area contributed by atoms with Crippen molar-refractivity contribution in [3.8, 4) is 0 Å². The first-order valence-electron chi connectivity index (χ1n) is 18.0. The molecule has 2 aromatic carbocycles. The lowest BCUT2D eigenvalue weighted by molar-refractivity contribution is -0.358. The third-order valence-corrected chi connectivity index (χ3v) is 15.6. The number of carboxylic acid groups (broad SMARTS) is 1. The molecular weight excluding hydrogens is 681 g/mol. The van der Waals surface area contributed by atoms with Crippen molar-refractivity contribution in [2.75, 3.05) is 14.2 Å². The number of aliphatic carboxylic acids is 1. The van der Waals surface area contributed by atoms with Crippen LogP contribution in [-0.2, 0) is 42.5 Å². The van der Waals surface area contributed by atoms with Crippen molar-refractivity contribution < 1.29 is 47.6 Å². The van der Waals surface area contributed by atoms with Crippen LogP contribution in [0.4, 0.5) is 0 Å². The van der Waals surface area contributed by atoms with Crippen LogP contribution in [0.2, 0.25) is 5.04 Å². The molecule has 1 N–H and O–H groups in total. The topological polar surface area (TPSA) is 127 Å².